The lowest BCUT2D eigenvalue weighted by Crippen LogP contribution is -2.30. The normalized spacial score (nSPS) is 28.3. The first-order chi connectivity index (χ1) is 9.33. The molecular weight excluding hydrogens is 234 g/mol. The summed E-state index contributed by atoms with van der Waals surface area (Å²) in [4.78, 5) is 4.53. The average Bonchev–Trinajstić information content (AvgIpc) is 3.17. The van der Waals surface area contributed by atoms with Gasteiger partial charge in [0.05, 0.1) is 0 Å². The zero-order chi connectivity index (χ0) is 13.1. The van der Waals surface area contributed by atoms with Crippen LogP contribution in [0.5, 0.6) is 0 Å². The smallest absolute Gasteiger partial charge is 0.108 e. The number of rotatable bonds is 5. The summed E-state index contributed by atoms with van der Waals surface area (Å²) in [6.45, 7) is 1.24. The molecule has 0 radical (unpaired) electrons. The fraction of sp³-hybridized carbons (Fsp3) is 0.812. The number of hydrogen-bond acceptors (Lipinski definition) is 2. The number of nitrogens with zero attached hydrogens (tertiary/aromatic N) is 2. The van der Waals surface area contributed by atoms with Crippen molar-refractivity contribution in [3.8, 4) is 0 Å². The molecule has 2 unspecified atom stereocenters. The van der Waals surface area contributed by atoms with E-state index in [0.29, 0.717) is 0 Å². The quantitative estimate of drug-likeness (QED) is 0.826. The van der Waals surface area contributed by atoms with E-state index in [2.05, 4.69) is 28.1 Å². The van der Waals surface area contributed by atoms with Gasteiger partial charge in [0.2, 0.25) is 0 Å². The van der Waals surface area contributed by atoms with Gasteiger partial charge in [0, 0.05) is 31.9 Å². The van der Waals surface area contributed by atoms with Crippen LogP contribution in [0.15, 0.2) is 12.4 Å². The van der Waals surface area contributed by atoms with Crippen molar-refractivity contribution in [2.24, 2.45) is 18.9 Å². The maximum atomic E-state index is 4.53. The number of aryl methyl sites for hydroxylation is 1. The summed E-state index contributed by atoms with van der Waals surface area (Å²) in [5.74, 6) is 2.96. The predicted molar refractivity (Wildman–Crippen MR) is 78.0 cm³/mol. The van der Waals surface area contributed by atoms with Gasteiger partial charge in [0.15, 0.2) is 0 Å². The molecule has 3 heteroatoms. The Labute approximate surface area is 116 Å². The summed E-state index contributed by atoms with van der Waals surface area (Å²) >= 11 is 0. The zero-order valence-corrected chi connectivity index (χ0v) is 12.1. The van der Waals surface area contributed by atoms with Gasteiger partial charge in [-0.1, -0.05) is 19.3 Å². The third kappa shape index (κ3) is 3.59. The Balaban J connectivity index is 1.61. The molecule has 2 aliphatic carbocycles. The molecule has 106 valence electrons. The summed E-state index contributed by atoms with van der Waals surface area (Å²) in [7, 11) is 2.12. The second-order valence-electron chi connectivity index (χ2n) is 6.50. The van der Waals surface area contributed by atoms with Gasteiger partial charge in [-0.05, 0) is 44.1 Å². The Bertz CT molecular complexity index is 394. The van der Waals surface area contributed by atoms with Crippen LogP contribution in [0.4, 0.5) is 0 Å². The van der Waals surface area contributed by atoms with Gasteiger partial charge >= 0.3 is 0 Å². The van der Waals surface area contributed by atoms with Crippen LogP contribution in [0, 0.1) is 11.8 Å². The Kier molecular flexibility index (Phi) is 4.21. The van der Waals surface area contributed by atoms with Gasteiger partial charge in [-0.3, -0.25) is 0 Å². The first kappa shape index (κ1) is 13.2. The van der Waals surface area contributed by atoms with E-state index in [9.17, 15) is 0 Å². The molecule has 0 spiro atoms. The average molecular weight is 261 g/mol. The molecule has 1 heterocycles. The molecule has 3 rings (SSSR count). The molecule has 1 aromatic heterocycles. The van der Waals surface area contributed by atoms with Crippen LogP contribution in [-0.2, 0) is 13.5 Å². The van der Waals surface area contributed by atoms with E-state index in [1.165, 1.54) is 63.7 Å². The van der Waals surface area contributed by atoms with E-state index in [4.69, 9.17) is 0 Å². The van der Waals surface area contributed by atoms with Crippen molar-refractivity contribution < 1.29 is 0 Å². The molecule has 0 amide bonds. The standard InChI is InChI=1S/C16H27N3/c1-19-10-9-17-16(19)11-13-5-3-2-4-6-14(13)12-18-15-7-8-15/h9-10,13-15,18H,2-8,11-12H2,1H3. The molecule has 19 heavy (non-hydrogen) atoms. The molecule has 2 aliphatic rings. The van der Waals surface area contributed by atoms with Gasteiger partial charge in [-0.15, -0.1) is 0 Å². The molecule has 0 saturated heterocycles. The Hall–Kier alpha value is -0.830. The van der Waals surface area contributed by atoms with Crippen LogP contribution in [0.25, 0.3) is 0 Å². The highest BCUT2D eigenvalue weighted by Crippen LogP contribution is 2.31. The lowest BCUT2D eigenvalue weighted by Gasteiger charge is -2.25. The van der Waals surface area contributed by atoms with Crippen LogP contribution in [-0.4, -0.2) is 22.1 Å². The van der Waals surface area contributed by atoms with Gasteiger partial charge in [-0.25, -0.2) is 4.98 Å². The summed E-state index contributed by atoms with van der Waals surface area (Å²) < 4.78 is 2.19. The maximum Gasteiger partial charge on any atom is 0.108 e. The number of nitrogens with one attached hydrogen (secondary N) is 1. The van der Waals surface area contributed by atoms with Gasteiger partial charge in [0.1, 0.15) is 5.82 Å². The van der Waals surface area contributed by atoms with Crippen LogP contribution < -0.4 is 5.32 Å². The number of aromatic nitrogens is 2. The molecule has 2 fully saturated rings. The van der Waals surface area contributed by atoms with E-state index < -0.39 is 0 Å². The molecule has 2 saturated carbocycles. The van der Waals surface area contributed by atoms with Crippen molar-refractivity contribution in [3.63, 3.8) is 0 Å². The minimum atomic E-state index is 0.829. The van der Waals surface area contributed by atoms with Gasteiger partial charge < -0.3 is 9.88 Å². The monoisotopic (exact) mass is 261 g/mol. The summed E-state index contributed by atoms with van der Waals surface area (Å²) in [6, 6.07) is 0.845. The fourth-order valence-corrected chi connectivity index (χ4v) is 3.43. The number of hydrogen-bond donors (Lipinski definition) is 1. The molecule has 1 aromatic rings. The molecule has 0 bridgehead atoms. The number of imidazole rings is 1. The van der Waals surface area contributed by atoms with Crippen molar-refractivity contribution in [1.29, 1.82) is 0 Å². The third-order valence-corrected chi connectivity index (χ3v) is 4.93. The molecule has 2 atom stereocenters. The minimum absolute atomic E-state index is 0.829. The first-order valence-corrected chi connectivity index (χ1v) is 8.02. The topological polar surface area (TPSA) is 29.9 Å². The lowest BCUT2D eigenvalue weighted by atomic mass is 9.85. The largest absolute Gasteiger partial charge is 0.338 e. The third-order valence-electron chi connectivity index (χ3n) is 4.93. The van der Waals surface area contributed by atoms with Crippen molar-refractivity contribution in [1.82, 2.24) is 14.9 Å². The second kappa shape index (κ2) is 6.08. The maximum absolute atomic E-state index is 4.53. The highest BCUT2D eigenvalue weighted by Gasteiger charge is 2.27. The van der Waals surface area contributed by atoms with E-state index in [1.54, 1.807) is 0 Å². The second-order valence-corrected chi connectivity index (χ2v) is 6.50. The van der Waals surface area contributed by atoms with E-state index in [0.717, 1.165) is 17.9 Å². The Morgan fingerprint density at radius 2 is 1.95 bits per heavy atom. The predicted octanol–water partition coefficient (Wildman–Crippen LogP) is 2.91. The molecular formula is C16H27N3. The molecule has 1 N–H and O–H groups in total. The van der Waals surface area contributed by atoms with Crippen molar-refractivity contribution in [2.75, 3.05) is 6.54 Å². The SMILES string of the molecule is Cn1ccnc1CC1CCCCCC1CNC1CC1. The van der Waals surface area contributed by atoms with Crippen LogP contribution in [0.1, 0.15) is 50.8 Å². The molecule has 0 aliphatic heterocycles. The van der Waals surface area contributed by atoms with Crippen LogP contribution in [0.2, 0.25) is 0 Å². The van der Waals surface area contributed by atoms with E-state index in [-0.39, 0.29) is 0 Å². The highest BCUT2D eigenvalue weighted by atomic mass is 15.0. The van der Waals surface area contributed by atoms with Crippen molar-refractivity contribution >= 4 is 0 Å². The highest BCUT2D eigenvalue weighted by molar-refractivity contribution is 4.95. The van der Waals surface area contributed by atoms with Crippen LogP contribution >= 0.6 is 0 Å². The minimum Gasteiger partial charge on any atom is -0.338 e. The Morgan fingerprint density at radius 3 is 2.63 bits per heavy atom. The summed E-state index contributed by atoms with van der Waals surface area (Å²) in [5.41, 5.74) is 0. The van der Waals surface area contributed by atoms with Gasteiger partial charge in [-0.2, -0.15) is 0 Å². The Morgan fingerprint density at radius 1 is 1.16 bits per heavy atom. The zero-order valence-electron chi connectivity index (χ0n) is 12.1. The first-order valence-electron chi connectivity index (χ1n) is 8.02. The summed E-state index contributed by atoms with van der Waals surface area (Å²) in [6.07, 6.45) is 15.0. The van der Waals surface area contributed by atoms with Crippen LogP contribution in [0.3, 0.4) is 0 Å². The summed E-state index contributed by atoms with van der Waals surface area (Å²) in [5, 5.41) is 3.75. The van der Waals surface area contributed by atoms with Gasteiger partial charge in [0.25, 0.3) is 0 Å². The van der Waals surface area contributed by atoms with E-state index in [1.807, 2.05) is 6.20 Å². The lowest BCUT2D eigenvalue weighted by molar-refractivity contribution is 0.291. The van der Waals surface area contributed by atoms with Crippen molar-refractivity contribution in [3.05, 3.63) is 18.2 Å². The molecule has 0 aromatic carbocycles. The van der Waals surface area contributed by atoms with E-state index >= 15 is 0 Å². The molecule has 3 nitrogen and oxygen atoms in total. The van der Waals surface area contributed by atoms with Crippen molar-refractivity contribution in [2.45, 2.75) is 57.4 Å². The fourth-order valence-electron chi connectivity index (χ4n) is 3.43.